The Hall–Kier alpha value is -3.30. The molecule has 0 unspecified atom stereocenters. The number of amides is 1. The number of carbonyl (C=O) groups excluding carboxylic acids is 1. The van der Waals surface area contributed by atoms with Crippen molar-refractivity contribution in [1.82, 2.24) is 19.1 Å². The molecule has 1 saturated heterocycles. The molecule has 1 amide bonds. The van der Waals surface area contributed by atoms with E-state index in [1.807, 2.05) is 54.6 Å². The summed E-state index contributed by atoms with van der Waals surface area (Å²) in [6.07, 6.45) is 5.63. The van der Waals surface area contributed by atoms with Gasteiger partial charge >= 0.3 is 0 Å². The summed E-state index contributed by atoms with van der Waals surface area (Å²) in [6.45, 7) is 0.648. The summed E-state index contributed by atoms with van der Waals surface area (Å²) in [7, 11) is -3.51. The van der Waals surface area contributed by atoms with E-state index in [1.165, 1.54) is 16.0 Å². The molecule has 8 nitrogen and oxygen atoms in total. The van der Waals surface area contributed by atoms with Gasteiger partial charge in [0.05, 0.1) is 5.69 Å². The fourth-order valence-electron chi connectivity index (χ4n) is 3.47. The van der Waals surface area contributed by atoms with Crippen molar-refractivity contribution in [2.45, 2.75) is 12.8 Å². The molecule has 1 N–H and O–H groups in total. The van der Waals surface area contributed by atoms with Crippen LogP contribution < -0.4 is 5.32 Å². The first kappa shape index (κ1) is 21.0. The van der Waals surface area contributed by atoms with Crippen molar-refractivity contribution >= 4 is 27.7 Å². The van der Waals surface area contributed by atoms with Gasteiger partial charge in [0.1, 0.15) is 12.7 Å². The zero-order chi connectivity index (χ0) is 21.7. The van der Waals surface area contributed by atoms with Crippen molar-refractivity contribution in [3.8, 4) is 5.69 Å². The number of carbonyl (C=O) groups is 1. The molecule has 160 valence electrons. The third kappa shape index (κ3) is 5.25. The SMILES string of the molecule is O=C(Nc1ccc(-n2cncn2)cc1)C1CCN(S(=O)(=O)C=Cc2ccccc2)CC1. The highest BCUT2D eigenvalue weighted by atomic mass is 32.2. The van der Waals surface area contributed by atoms with Crippen LogP contribution in [0.4, 0.5) is 5.69 Å². The van der Waals surface area contributed by atoms with Crippen molar-refractivity contribution in [2.24, 2.45) is 5.92 Å². The maximum Gasteiger partial charge on any atom is 0.236 e. The van der Waals surface area contributed by atoms with Crippen molar-refractivity contribution in [1.29, 1.82) is 0 Å². The standard InChI is InChI=1S/C22H23N5O3S/c28-22(25-20-6-8-21(9-7-20)27-17-23-16-24-27)19-10-13-26(14-11-19)31(29,30)15-12-18-4-2-1-3-5-18/h1-9,12,15-17,19H,10-11,13-14H2,(H,25,28). The summed E-state index contributed by atoms with van der Waals surface area (Å²) >= 11 is 0. The molecule has 0 aliphatic carbocycles. The summed E-state index contributed by atoms with van der Waals surface area (Å²) in [5.41, 5.74) is 2.36. The maximum atomic E-state index is 12.6. The summed E-state index contributed by atoms with van der Waals surface area (Å²) in [6, 6.07) is 16.6. The van der Waals surface area contributed by atoms with Crippen LogP contribution in [0.15, 0.2) is 72.7 Å². The van der Waals surface area contributed by atoms with Crippen LogP contribution in [0.25, 0.3) is 11.8 Å². The van der Waals surface area contributed by atoms with Crippen molar-refractivity contribution < 1.29 is 13.2 Å². The van der Waals surface area contributed by atoms with Gasteiger partial charge in [-0.25, -0.2) is 18.1 Å². The van der Waals surface area contributed by atoms with Gasteiger partial charge in [-0.05, 0) is 48.7 Å². The lowest BCUT2D eigenvalue weighted by Gasteiger charge is -2.29. The number of nitrogens with one attached hydrogen (secondary N) is 1. The molecule has 31 heavy (non-hydrogen) atoms. The molecular weight excluding hydrogens is 414 g/mol. The highest BCUT2D eigenvalue weighted by Crippen LogP contribution is 2.23. The van der Waals surface area contributed by atoms with E-state index < -0.39 is 10.0 Å². The van der Waals surface area contributed by atoms with E-state index in [0.29, 0.717) is 31.6 Å². The van der Waals surface area contributed by atoms with Gasteiger partial charge in [-0.2, -0.15) is 9.40 Å². The van der Waals surface area contributed by atoms with Gasteiger partial charge in [-0.3, -0.25) is 4.79 Å². The second kappa shape index (κ2) is 9.23. The van der Waals surface area contributed by atoms with Crippen LogP contribution in [0.1, 0.15) is 18.4 Å². The minimum absolute atomic E-state index is 0.0922. The largest absolute Gasteiger partial charge is 0.326 e. The van der Waals surface area contributed by atoms with Crippen molar-refractivity contribution in [3.05, 3.63) is 78.2 Å². The Bertz CT molecular complexity index is 1140. The zero-order valence-corrected chi connectivity index (χ0v) is 17.6. The average molecular weight is 438 g/mol. The quantitative estimate of drug-likeness (QED) is 0.640. The number of rotatable bonds is 6. The van der Waals surface area contributed by atoms with E-state index in [4.69, 9.17) is 0 Å². The first-order valence-electron chi connectivity index (χ1n) is 10.0. The molecule has 0 radical (unpaired) electrons. The third-order valence-electron chi connectivity index (χ3n) is 5.23. The Morgan fingerprint density at radius 2 is 1.74 bits per heavy atom. The normalized spacial score (nSPS) is 15.9. The highest BCUT2D eigenvalue weighted by molar-refractivity contribution is 7.92. The van der Waals surface area contributed by atoms with E-state index in [1.54, 1.807) is 17.1 Å². The number of aromatic nitrogens is 3. The third-order valence-corrected chi connectivity index (χ3v) is 6.80. The first-order valence-corrected chi connectivity index (χ1v) is 11.5. The molecular formula is C22H23N5O3S. The second-order valence-corrected chi connectivity index (χ2v) is 9.13. The number of hydrogen-bond acceptors (Lipinski definition) is 5. The summed E-state index contributed by atoms with van der Waals surface area (Å²) in [4.78, 5) is 16.5. The van der Waals surface area contributed by atoms with Crippen LogP contribution in [0.2, 0.25) is 0 Å². The lowest BCUT2D eigenvalue weighted by Crippen LogP contribution is -2.40. The van der Waals surface area contributed by atoms with Gasteiger partial charge in [0.2, 0.25) is 15.9 Å². The fourth-order valence-corrected chi connectivity index (χ4v) is 4.69. The molecule has 0 atom stereocenters. The molecule has 9 heteroatoms. The zero-order valence-electron chi connectivity index (χ0n) is 16.8. The monoisotopic (exact) mass is 437 g/mol. The average Bonchev–Trinajstić information content (AvgIpc) is 3.34. The van der Waals surface area contributed by atoms with Crippen molar-refractivity contribution in [2.75, 3.05) is 18.4 Å². The van der Waals surface area contributed by atoms with E-state index >= 15 is 0 Å². The molecule has 1 aliphatic heterocycles. The Labute approximate surface area is 181 Å². The fraction of sp³-hybridized carbons (Fsp3) is 0.227. The van der Waals surface area contributed by atoms with E-state index in [0.717, 1.165) is 11.3 Å². The smallest absolute Gasteiger partial charge is 0.236 e. The summed E-state index contributed by atoms with van der Waals surface area (Å²) < 4.78 is 28.2. The van der Waals surface area contributed by atoms with Crippen LogP contribution in [0.5, 0.6) is 0 Å². The summed E-state index contributed by atoms with van der Waals surface area (Å²) in [5, 5.41) is 8.22. The molecule has 1 aromatic heterocycles. The predicted octanol–water partition coefficient (Wildman–Crippen LogP) is 2.92. The number of hydrogen-bond donors (Lipinski definition) is 1. The molecule has 0 saturated carbocycles. The van der Waals surface area contributed by atoms with E-state index in [-0.39, 0.29) is 11.8 Å². The minimum atomic E-state index is -3.51. The number of nitrogens with zero attached hydrogens (tertiary/aromatic N) is 4. The topological polar surface area (TPSA) is 97.2 Å². The molecule has 3 aromatic rings. The van der Waals surface area contributed by atoms with Gasteiger partial charge in [0, 0.05) is 30.1 Å². The van der Waals surface area contributed by atoms with Crippen LogP contribution >= 0.6 is 0 Å². The van der Waals surface area contributed by atoms with E-state index in [2.05, 4.69) is 15.4 Å². The Morgan fingerprint density at radius 3 is 2.39 bits per heavy atom. The van der Waals surface area contributed by atoms with Gasteiger partial charge in [0.25, 0.3) is 0 Å². The molecule has 2 aromatic carbocycles. The van der Waals surface area contributed by atoms with Crippen LogP contribution in [-0.4, -0.2) is 46.5 Å². The Morgan fingerprint density at radius 1 is 1.03 bits per heavy atom. The number of sulfonamides is 1. The van der Waals surface area contributed by atoms with Crippen LogP contribution in [0.3, 0.4) is 0 Å². The molecule has 4 rings (SSSR count). The number of piperidine rings is 1. The molecule has 0 spiro atoms. The lowest BCUT2D eigenvalue weighted by atomic mass is 9.97. The molecule has 1 aliphatic rings. The minimum Gasteiger partial charge on any atom is -0.326 e. The van der Waals surface area contributed by atoms with Gasteiger partial charge < -0.3 is 5.32 Å². The van der Waals surface area contributed by atoms with Crippen LogP contribution in [0, 0.1) is 5.92 Å². The number of benzene rings is 2. The van der Waals surface area contributed by atoms with Gasteiger partial charge in [0.15, 0.2) is 0 Å². The molecule has 1 fully saturated rings. The maximum absolute atomic E-state index is 12.6. The van der Waals surface area contributed by atoms with Crippen LogP contribution in [-0.2, 0) is 14.8 Å². The second-order valence-electron chi connectivity index (χ2n) is 7.31. The summed E-state index contributed by atoms with van der Waals surface area (Å²) in [5.74, 6) is -0.315. The predicted molar refractivity (Wildman–Crippen MR) is 119 cm³/mol. The van der Waals surface area contributed by atoms with E-state index in [9.17, 15) is 13.2 Å². The highest BCUT2D eigenvalue weighted by Gasteiger charge is 2.30. The Balaban J connectivity index is 1.31. The number of anilines is 1. The van der Waals surface area contributed by atoms with Gasteiger partial charge in [-0.1, -0.05) is 30.3 Å². The molecule has 2 heterocycles. The first-order chi connectivity index (χ1) is 15.0. The lowest BCUT2D eigenvalue weighted by molar-refractivity contribution is -0.120. The van der Waals surface area contributed by atoms with Crippen molar-refractivity contribution in [3.63, 3.8) is 0 Å². The molecule has 0 bridgehead atoms. The Kier molecular flexibility index (Phi) is 6.24. The van der Waals surface area contributed by atoms with Gasteiger partial charge in [-0.15, -0.1) is 0 Å².